The van der Waals surface area contributed by atoms with Crippen molar-refractivity contribution in [1.82, 2.24) is 0 Å². The average molecular weight is 209 g/mol. The number of carboxylic acid groups (broad SMARTS) is 1. The normalized spacial score (nSPS) is 12.3. The summed E-state index contributed by atoms with van der Waals surface area (Å²) < 4.78 is 0. The second-order valence-electron chi connectivity index (χ2n) is 3.64. The monoisotopic (exact) mass is 209 g/mol. The molecule has 2 N–H and O–H groups in total. The van der Waals surface area contributed by atoms with Crippen molar-refractivity contribution in [3.05, 3.63) is 29.3 Å². The lowest BCUT2D eigenvalue weighted by molar-refractivity contribution is -0.146. The van der Waals surface area contributed by atoms with Crippen molar-refractivity contribution in [3.8, 4) is 0 Å². The van der Waals surface area contributed by atoms with E-state index in [-0.39, 0.29) is 0 Å². The Bertz CT molecular complexity index is 374. The highest BCUT2D eigenvalue weighted by Gasteiger charge is 2.22. The minimum atomic E-state index is -1.47. The van der Waals surface area contributed by atoms with Gasteiger partial charge in [0, 0.05) is 25.3 Å². The number of benzene rings is 1. The number of aryl methyl sites for hydroxylation is 1. The third-order valence-electron chi connectivity index (χ3n) is 2.29. The molecular formula is C11H15NO3. The summed E-state index contributed by atoms with van der Waals surface area (Å²) in [5.41, 5.74) is 1.95. The van der Waals surface area contributed by atoms with Crippen LogP contribution in [0.15, 0.2) is 18.2 Å². The first kappa shape index (κ1) is 11.5. The number of hydrogen-bond donors (Lipinski definition) is 2. The lowest BCUT2D eigenvalue weighted by atomic mass is 10.0. The zero-order valence-electron chi connectivity index (χ0n) is 9.06. The molecule has 0 aromatic heterocycles. The molecule has 4 heteroatoms. The van der Waals surface area contributed by atoms with E-state index in [2.05, 4.69) is 0 Å². The number of anilines is 1. The van der Waals surface area contributed by atoms with E-state index in [0.29, 0.717) is 5.56 Å². The summed E-state index contributed by atoms with van der Waals surface area (Å²) in [7, 11) is 3.62. The van der Waals surface area contributed by atoms with Crippen molar-refractivity contribution < 1.29 is 15.0 Å². The molecule has 0 saturated heterocycles. The molecule has 1 unspecified atom stereocenters. The molecule has 0 amide bonds. The molecule has 1 rings (SSSR count). The zero-order chi connectivity index (χ0) is 11.6. The Morgan fingerprint density at radius 1 is 1.40 bits per heavy atom. The van der Waals surface area contributed by atoms with Gasteiger partial charge in [-0.05, 0) is 18.6 Å². The standard InChI is InChI=1S/C11H15NO3/c1-7-5-4-6-8(12(2)3)9(7)10(13)11(14)15/h4-6,10,13H,1-3H3,(H,14,15). The maximum Gasteiger partial charge on any atom is 0.337 e. The number of hydrogen-bond acceptors (Lipinski definition) is 3. The minimum Gasteiger partial charge on any atom is -0.479 e. The minimum absolute atomic E-state index is 0.454. The van der Waals surface area contributed by atoms with Gasteiger partial charge in [-0.3, -0.25) is 0 Å². The topological polar surface area (TPSA) is 60.8 Å². The summed E-state index contributed by atoms with van der Waals surface area (Å²) in [6, 6.07) is 5.41. The van der Waals surface area contributed by atoms with Gasteiger partial charge in [0.15, 0.2) is 6.10 Å². The maximum absolute atomic E-state index is 10.8. The third-order valence-corrected chi connectivity index (χ3v) is 2.29. The van der Waals surface area contributed by atoms with Crippen LogP contribution >= 0.6 is 0 Å². The van der Waals surface area contributed by atoms with Gasteiger partial charge in [0.05, 0.1) is 0 Å². The lowest BCUT2D eigenvalue weighted by Crippen LogP contribution is -2.18. The molecule has 0 heterocycles. The highest BCUT2D eigenvalue weighted by atomic mass is 16.4. The van der Waals surface area contributed by atoms with E-state index in [9.17, 15) is 9.90 Å². The molecule has 82 valence electrons. The van der Waals surface area contributed by atoms with Gasteiger partial charge in [-0.15, -0.1) is 0 Å². The molecule has 0 bridgehead atoms. The van der Waals surface area contributed by atoms with Gasteiger partial charge in [0.1, 0.15) is 0 Å². The van der Waals surface area contributed by atoms with Gasteiger partial charge < -0.3 is 15.1 Å². The Morgan fingerprint density at radius 3 is 2.47 bits per heavy atom. The molecule has 0 saturated carbocycles. The Labute approximate surface area is 88.8 Å². The molecule has 0 radical (unpaired) electrons. The second-order valence-corrected chi connectivity index (χ2v) is 3.64. The smallest absolute Gasteiger partial charge is 0.337 e. The fraction of sp³-hybridized carbons (Fsp3) is 0.364. The first-order valence-electron chi connectivity index (χ1n) is 4.63. The van der Waals surface area contributed by atoms with E-state index in [1.165, 1.54) is 0 Å². The van der Waals surface area contributed by atoms with E-state index >= 15 is 0 Å². The third kappa shape index (κ3) is 2.27. The van der Waals surface area contributed by atoms with Crippen LogP contribution in [0, 0.1) is 6.92 Å². The molecule has 1 aromatic carbocycles. The maximum atomic E-state index is 10.8. The van der Waals surface area contributed by atoms with Gasteiger partial charge in [-0.25, -0.2) is 4.79 Å². The van der Waals surface area contributed by atoms with Crippen molar-refractivity contribution in [2.24, 2.45) is 0 Å². The summed E-state index contributed by atoms with van der Waals surface area (Å²) in [5.74, 6) is -1.23. The second kappa shape index (κ2) is 4.31. The number of rotatable bonds is 3. The lowest BCUT2D eigenvalue weighted by Gasteiger charge is -2.20. The number of aliphatic hydroxyl groups excluding tert-OH is 1. The molecule has 1 aromatic rings. The molecular weight excluding hydrogens is 194 g/mol. The van der Waals surface area contributed by atoms with Crippen LogP contribution < -0.4 is 4.90 Å². The Balaban J connectivity index is 3.30. The van der Waals surface area contributed by atoms with Crippen molar-refractivity contribution in [3.63, 3.8) is 0 Å². The van der Waals surface area contributed by atoms with Crippen LogP contribution in [0.5, 0.6) is 0 Å². The average Bonchev–Trinajstić information content (AvgIpc) is 2.16. The van der Waals surface area contributed by atoms with Gasteiger partial charge in [0.2, 0.25) is 0 Å². The highest BCUT2D eigenvalue weighted by molar-refractivity contribution is 5.78. The van der Waals surface area contributed by atoms with Gasteiger partial charge in [-0.1, -0.05) is 12.1 Å². The van der Waals surface area contributed by atoms with Crippen LogP contribution in [0.3, 0.4) is 0 Å². The zero-order valence-corrected chi connectivity index (χ0v) is 9.06. The largest absolute Gasteiger partial charge is 0.479 e. The predicted octanol–water partition coefficient (Wildman–Crippen LogP) is 1.18. The van der Waals surface area contributed by atoms with E-state index in [4.69, 9.17) is 5.11 Å². The number of carboxylic acids is 1. The number of nitrogens with zero attached hydrogens (tertiary/aromatic N) is 1. The van der Waals surface area contributed by atoms with Crippen molar-refractivity contribution >= 4 is 11.7 Å². The molecule has 0 spiro atoms. The van der Waals surface area contributed by atoms with Crippen molar-refractivity contribution in [2.75, 3.05) is 19.0 Å². The van der Waals surface area contributed by atoms with E-state index in [1.807, 2.05) is 20.2 Å². The van der Waals surface area contributed by atoms with E-state index < -0.39 is 12.1 Å². The molecule has 0 aliphatic heterocycles. The summed E-state index contributed by atoms with van der Waals surface area (Å²) in [4.78, 5) is 12.5. The molecule has 0 aliphatic carbocycles. The van der Waals surface area contributed by atoms with Crippen LogP contribution in [0.2, 0.25) is 0 Å². The summed E-state index contributed by atoms with van der Waals surface area (Å²) >= 11 is 0. The fourth-order valence-corrected chi connectivity index (χ4v) is 1.53. The number of carbonyl (C=O) groups is 1. The van der Waals surface area contributed by atoms with Gasteiger partial charge in [0.25, 0.3) is 0 Å². The Kier molecular flexibility index (Phi) is 3.31. The molecule has 1 atom stereocenters. The quantitative estimate of drug-likeness (QED) is 0.784. The number of aliphatic carboxylic acids is 1. The molecule has 15 heavy (non-hydrogen) atoms. The van der Waals surface area contributed by atoms with Crippen LogP contribution in [0.4, 0.5) is 5.69 Å². The predicted molar refractivity (Wildman–Crippen MR) is 58.1 cm³/mol. The Hall–Kier alpha value is -1.55. The molecule has 0 fully saturated rings. The molecule has 4 nitrogen and oxygen atoms in total. The summed E-state index contributed by atoms with van der Waals surface area (Å²) in [6.07, 6.45) is -1.47. The SMILES string of the molecule is Cc1cccc(N(C)C)c1C(O)C(=O)O. The highest BCUT2D eigenvalue weighted by Crippen LogP contribution is 2.28. The van der Waals surface area contributed by atoms with Crippen molar-refractivity contribution in [2.45, 2.75) is 13.0 Å². The Morgan fingerprint density at radius 2 is 2.00 bits per heavy atom. The van der Waals surface area contributed by atoms with Crippen LogP contribution in [0.1, 0.15) is 17.2 Å². The van der Waals surface area contributed by atoms with E-state index in [0.717, 1.165) is 11.3 Å². The summed E-state index contributed by atoms with van der Waals surface area (Å²) in [5, 5.41) is 18.4. The number of aliphatic hydroxyl groups is 1. The van der Waals surface area contributed by atoms with Gasteiger partial charge in [-0.2, -0.15) is 0 Å². The van der Waals surface area contributed by atoms with Crippen molar-refractivity contribution in [1.29, 1.82) is 0 Å². The first-order valence-corrected chi connectivity index (χ1v) is 4.63. The van der Waals surface area contributed by atoms with Crippen LogP contribution in [0.25, 0.3) is 0 Å². The van der Waals surface area contributed by atoms with Crippen LogP contribution in [-0.2, 0) is 4.79 Å². The van der Waals surface area contributed by atoms with E-state index in [1.54, 1.807) is 24.0 Å². The van der Waals surface area contributed by atoms with Crippen LogP contribution in [-0.4, -0.2) is 30.3 Å². The fourth-order valence-electron chi connectivity index (χ4n) is 1.53. The summed E-state index contributed by atoms with van der Waals surface area (Å²) in [6.45, 7) is 1.79. The van der Waals surface area contributed by atoms with Gasteiger partial charge >= 0.3 is 5.97 Å². The first-order chi connectivity index (χ1) is 6.95. The molecule has 0 aliphatic rings.